The van der Waals surface area contributed by atoms with Gasteiger partial charge in [-0.15, -0.1) is 0 Å². The zero-order valence-corrected chi connectivity index (χ0v) is 8.01. The van der Waals surface area contributed by atoms with E-state index in [1.165, 1.54) is 22.3 Å². The molecule has 0 aromatic heterocycles. The van der Waals surface area contributed by atoms with Crippen molar-refractivity contribution in [3.63, 3.8) is 0 Å². The number of hydrogen-bond donors (Lipinski definition) is 1. The molecule has 0 spiro atoms. The van der Waals surface area contributed by atoms with Crippen LogP contribution in [0.3, 0.4) is 0 Å². The SMILES string of the molecule is Cc1ccc2c(c1)C=C(CCN)C2. The Kier molecular flexibility index (Phi) is 2.19. The molecule has 1 heteroatoms. The molecule has 0 heterocycles. The maximum absolute atomic E-state index is 5.53. The van der Waals surface area contributed by atoms with Crippen LogP contribution in [0, 0.1) is 6.92 Å². The van der Waals surface area contributed by atoms with Gasteiger partial charge in [-0.25, -0.2) is 0 Å². The quantitative estimate of drug-likeness (QED) is 0.729. The predicted octanol–water partition coefficient (Wildman–Crippen LogP) is 2.28. The van der Waals surface area contributed by atoms with E-state index in [0.29, 0.717) is 0 Å². The van der Waals surface area contributed by atoms with Gasteiger partial charge in [-0.2, -0.15) is 0 Å². The smallest absolute Gasteiger partial charge is 0.00397 e. The second-order valence-corrected chi connectivity index (χ2v) is 3.72. The molecule has 1 aliphatic carbocycles. The van der Waals surface area contributed by atoms with Crippen molar-refractivity contribution >= 4 is 6.08 Å². The van der Waals surface area contributed by atoms with Crippen LogP contribution in [-0.2, 0) is 6.42 Å². The highest BCUT2D eigenvalue weighted by molar-refractivity contribution is 5.64. The first kappa shape index (κ1) is 8.52. The van der Waals surface area contributed by atoms with Crippen molar-refractivity contribution in [2.45, 2.75) is 19.8 Å². The van der Waals surface area contributed by atoms with Gasteiger partial charge in [-0.3, -0.25) is 0 Å². The highest BCUT2D eigenvalue weighted by Crippen LogP contribution is 2.26. The Morgan fingerprint density at radius 3 is 3.00 bits per heavy atom. The number of hydrogen-bond acceptors (Lipinski definition) is 1. The molecule has 1 aromatic rings. The topological polar surface area (TPSA) is 26.0 Å². The molecule has 0 saturated carbocycles. The van der Waals surface area contributed by atoms with Gasteiger partial charge >= 0.3 is 0 Å². The highest BCUT2D eigenvalue weighted by Gasteiger charge is 2.11. The minimum Gasteiger partial charge on any atom is -0.330 e. The van der Waals surface area contributed by atoms with Crippen LogP contribution in [0.1, 0.15) is 23.1 Å². The first-order valence-electron chi connectivity index (χ1n) is 4.78. The van der Waals surface area contributed by atoms with Crippen LogP contribution >= 0.6 is 0 Å². The van der Waals surface area contributed by atoms with Crippen LogP contribution in [-0.4, -0.2) is 6.54 Å². The second-order valence-electron chi connectivity index (χ2n) is 3.72. The van der Waals surface area contributed by atoms with Crippen molar-refractivity contribution < 1.29 is 0 Å². The van der Waals surface area contributed by atoms with Gasteiger partial charge in [0.15, 0.2) is 0 Å². The summed E-state index contributed by atoms with van der Waals surface area (Å²) < 4.78 is 0. The van der Waals surface area contributed by atoms with Crippen LogP contribution in [0.2, 0.25) is 0 Å². The Morgan fingerprint density at radius 2 is 2.23 bits per heavy atom. The van der Waals surface area contributed by atoms with Gasteiger partial charge in [0.25, 0.3) is 0 Å². The highest BCUT2D eigenvalue weighted by atomic mass is 14.5. The maximum atomic E-state index is 5.53. The van der Waals surface area contributed by atoms with Crippen LogP contribution in [0.4, 0.5) is 0 Å². The summed E-state index contributed by atoms with van der Waals surface area (Å²) in [7, 11) is 0. The molecule has 0 radical (unpaired) electrons. The summed E-state index contributed by atoms with van der Waals surface area (Å²) >= 11 is 0. The molecule has 2 rings (SSSR count). The molecule has 0 atom stereocenters. The molecular weight excluding hydrogens is 158 g/mol. The minimum atomic E-state index is 0.763. The summed E-state index contributed by atoms with van der Waals surface area (Å²) in [6.07, 6.45) is 4.43. The minimum absolute atomic E-state index is 0.763. The van der Waals surface area contributed by atoms with Crippen LogP contribution in [0.5, 0.6) is 0 Å². The molecule has 1 nitrogen and oxygen atoms in total. The second kappa shape index (κ2) is 3.35. The Balaban J connectivity index is 2.27. The zero-order valence-electron chi connectivity index (χ0n) is 8.01. The normalized spacial score (nSPS) is 14.2. The van der Waals surface area contributed by atoms with E-state index >= 15 is 0 Å². The van der Waals surface area contributed by atoms with Gasteiger partial charge < -0.3 is 5.73 Å². The van der Waals surface area contributed by atoms with E-state index in [1.54, 1.807) is 0 Å². The third-order valence-corrected chi connectivity index (χ3v) is 2.54. The fourth-order valence-corrected chi connectivity index (χ4v) is 1.87. The van der Waals surface area contributed by atoms with Crippen molar-refractivity contribution in [2.24, 2.45) is 5.73 Å². The van der Waals surface area contributed by atoms with Gasteiger partial charge in [0.1, 0.15) is 0 Å². The van der Waals surface area contributed by atoms with Crippen molar-refractivity contribution in [1.29, 1.82) is 0 Å². The summed E-state index contributed by atoms with van der Waals surface area (Å²) in [5.74, 6) is 0. The molecule has 0 aliphatic heterocycles. The van der Waals surface area contributed by atoms with Crippen molar-refractivity contribution in [3.8, 4) is 0 Å². The molecule has 0 saturated heterocycles. The van der Waals surface area contributed by atoms with Gasteiger partial charge in [-0.05, 0) is 37.4 Å². The Hall–Kier alpha value is -1.08. The summed E-state index contributed by atoms with van der Waals surface area (Å²) in [6.45, 7) is 2.90. The monoisotopic (exact) mass is 173 g/mol. The van der Waals surface area contributed by atoms with Gasteiger partial charge in [0.2, 0.25) is 0 Å². The zero-order chi connectivity index (χ0) is 9.26. The molecule has 1 aliphatic rings. The number of fused-ring (bicyclic) bond motifs is 1. The lowest BCUT2D eigenvalue weighted by molar-refractivity contribution is 0.927. The van der Waals surface area contributed by atoms with E-state index in [4.69, 9.17) is 5.73 Å². The largest absolute Gasteiger partial charge is 0.330 e. The lowest BCUT2D eigenvalue weighted by atomic mass is 10.1. The summed E-state index contributed by atoms with van der Waals surface area (Å²) in [5, 5.41) is 0. The fourth-order valence-electron chi connectivity index (χ4n) is 1.87. The van der Waals surface area contributed by atoms with Crippen molar-refractivity contribution in [1.82, 2.24) is 0 Å². The lowest BCUT2D eigenvalue weighted by Gasteiger charge is -1.99. The predicted molar refractivity (Wildman–Crippen MR) is 56.5 cm³/mol. The average Bonchev–Trinajstić information content (AvgIpc) is 2.46. The molecule has 0 amide bonds. The number of aryl methyl sites for hydroxylation is 1. The van der Waals surface area contributed by atoms with Gasteiger partial charge in [0.05, 0.1) is 0 Å². The van der Waals surface area contributed by atoms with Gasteiger partial charge in [0, 0.05) is 0 Å². The van der Waals surface area contributed by atoms with E-state index in [-0.39, 0.29) is 0 Å². The van der Waals surface area contributed by atoms with E-state index in [2.05, 4.69) is 31.2 Å². The Labute approximate surface area is 79.3 Å². The molecule has 68 valence electrons. The summed E-state index contributed by atoms with van der Waals surface area (Å²) in [4.78, 5) is 0. The number of benzene rings is 1. The molecule has 0 unspecified atom stereocenters. The third-order valence-electron chi connectivity index (χ3n) is 2.54. The lowest BCUT2D eigenvalue weighted by Crippen LogP contribution is -1.99. The molecule has 1 aromatic carbocycles. The number of nitrogens with two attached hydrogens (primary N) is 1. The maximum Gasteiger partial charge on any atom is -0.00397 e. The van der Waals surface area contributed by atoms with Crippen molar-refractivity contribution in [2.75, 3.05) is 6.54 Å². The van der Waals surface area contributed by atoms with Crippen molar-refractivity contribution in [3.05, 3.63) is 40.5 Å². The molecule has 2 N–H and O–H groups in total. The standard InChI is InChI=1S/C12H15N/c1-9-2-3-11-7-10(4-5-13)8-12(11)6-9/h2-3,6,8H,4-5,7,13H2,1H3. The van der Waals surface area contributed by atoms with Gasteiger partial charge in [-0.1, -0.05) is 35.4 Å². The molecule has 0 fully saturated rings. The fraction of sp³-hybridized carbons (Fsp3) is 0.333. The van der Waals surface area contributed by atoms with E-state index in [1.807, 2.05) is 0 Å². The van der Waals surface area contributed by atoms with E-state index in [9.17, 15) is 0 Å². The molecule has 13 heavy (non-hydrogen) atoms. The Morgan fingerprint density at radius 1 is 1.38 bits per heavy atom. The first-order valence-corrected chi connectivity index (χ1v) is 4.78. The summed E-state index contributed by atoms with van der Waals surface area (Å²) in [5.41, 5.74) is 11.2. The summed E-state index contributed by atoms with van der Waals surface area (Å²) in [6, 6.07) is 6.65. The van der Waals surface area contributed by atoms with E-state index in [0.717, 1.165) is 19.4 Å². The van der Waals surface area contributed by atoms with Crippen LogP contribution in [0.15, 0.2) is 23.8 Å². The average molecular weight is 173 g/mol. The number of rotatable bonds is 2. The molecular formula is C12H15N. The Bertz CT molecular complexity index is 350. The third kappa shape index (κ3) is 1.65. The van der Waals surface area contributed by atoms with Crippen LogP contribution < -0.4 is 5.73 Å². The first-order chi connectivity index (χ1) is 6.29. The van der Waals surface area contributed by atoms with E-state index < -0.39 is 0 Å². The van der Waals surface area contributed by atoms with Crippen LogP contribution in [0.25, 0.3) is 6.08 Å². The molecule has 0 bridgehead atoms.